The van der Waals surface area contributed by atoms with E-state index in [4.69, 9.17) is 14.4 Å². The molecule has 0 aliphatic rings. The summed E-state index contributed by atoms with van der Waals surface area (Å²) in [5, 5.41) is 27.8. The fourth-order valence-corrected chi connectivity index (χ4v) is 2.13. The lowest BCUT2D eigenvalue weighted by atomic mass is 10.1. The summed E-state index contributed by atoms with van der Waals surface area (Å²) in [7, 11) is -4.78. The van der Waals surface area contributed by atoms with Crippen molar-refractivity contribution in [2.45, 2.75) is 37.3 Å². The van der Waals surface area contributed by atoms with E-state index in [1.165, 1.54) is 12.2 Å². The van der Waals surface area contributed by atoms with Gasteiger partial charge in [0.25, 0.3) is 0 Å². The van der Waals surface area contributed by atoms with Gasteiger partial charge in [-0.2, -0.15) is 8.42 Å². The molecule has 0 heterocycles. The van der Waals surface area contributed by atoms with E-state index in [9.17, 15) is 18.6 Å². The van der Waals surface area contributed by atoms with Crippen LogP contribution < -0.4 is 0 Å². The van der Waals surface area contributed by atoms with Crippen LogP contribution in [0.25, 0.3) is 0 Å². The second-order valence-electron chi connectivity index (χ2n) is 4.26. The van der Waals surface area contributed by atoms with Crippen molar-refractivity contribution in [3.63, 3.8) is 0 Å². The average Bonchev–Trinajstić information content (AvgIpc) is 2.41. The highest BCUT2D eigenvalue weighted by Crippen LogP contribution is 2.17. The van der Waals surface area contributed by atoms with E-state index in [1.54, 1.807) is 0 Å². The number of hydrogen-bond donors (Lipinski definition) is 4. The maximum atomic E-state index is 10.7. The minimum absolute atomic E-state index is 0.0898. The molecule has 0 bridgehead atoms. The molecule has 4 N–H and O–H groups in total. The molecule has 0 aliphatic heterocycles. The molecule has 0 aromatic carbocycles. The van der Waals surface area contributed by atoms with Crippen LogP contribution in [0.1, 0.15) is 12.8 Å². The van der Waals surface area contributed by atoms with Crippen LogP contribution in [0.5, 0.6) is 0 Å². The Balaban J connectivity index is 5.06. The topological polar surface area (TPSA) is 134 Å². The summed E-state index contributed by atoms with van der Waals surface area (Å²) in [6.45, 7) is 5.65. The summed E-state index contributed by atoms with van der Waals surface area (Å²) < 4.78 is 40.0. The molecule has 9 heteroatoms. The van der Waals surface area contributed by atoms with Crippen molar-refractivity contribution >= 4 is 10.4 Å². The van der Waals surface area contributed by atoms with Gasteiger partial charge in [0.15, 0.2) is 0 Å². The van der Waals surface area contributed by atoms with E-state index in [-0.39, 0.29) is 12.8 Å². The molecule has 0 amide bonds. The van der Waals surface area contributed by atoms with Gasteiger partial charge in [-0.25, -0.2) is 4.18 Å². The first-order valence-corrected chi connectivity index (χ1v) is 7.58. The Morgan fingerprint density at radius 3 is 1.90 bits per heavy atom. The van der Waals surface area contributed by atoms with Gasteiger partial charge < -0.3 is 20.1 Å². The lowest BCUT2D eigenvalue weighted by Gasteiger charge is -2.30. The molecular weight excluding hydrogens is 304 g/mol. The molecule has 0 radical (unpaired) electrons. The largest absolute Gasteiger partial charge is 0.397 e. The average molecular weight is 326 g/mol. The van der Waals surface area contributed by atoms with Gasteiger partial charge in [-0.15, -0.1) is 13.2 Å². The Morgan fingerprint density at radius 1 is 1.00 bits per heavy atom. The Morgan fingerprint density at radius 2 is 1.52 bits per heavy atom. The molecule has 0 aliphatic carbocycles. The van der Waals surface area contributed by atoms with E-state index in [0.29, 0.717) is 0 Å². The van der Waals surface area contributed by atoms with Gasteiger partial charge in [-0.05, 0) is 12.8 Å². The molecular formula is C12H22O8S. The van der Waals surface area contributed by atoms with Gasteiger partial charge in [0, 0.05) is 0 Å². The SMILES string of the molecule is C=CCC(OC(CC=C)C(CO)OS(=O)(=O)O)C(O)CO. The van der Waals surface area contributed by atoms with Gasteiger partial charge in [0.2, 0.25) is 0 Å². The number of ether oxygens (including phenoxy) is 1. The highest BCUT2D eigenvalue weighted by atomic mass is 32.3. The van der Waals surface area contributed by atoms with Crippen LogP contribution in [0, 0.1) is 0 Å². The van der Waals surface area contributed by atoms with Crippen LogP contribution in [0.15, 0.2) is 25.3 Å². The molecule has 4 unspecified atom stereocenters. The maximum absolute atomic E-state index is 10.7. The zero-order chi connectivity index (χ0) is 16.5. The molecule has 124 valence electrons. The van der Waals surface area contributed by atoms with E-state index in [2.05, 4.69) is 17.3 Å². The number of hydrogen-bond acceptors (Lipinski definition) is 7. The Kier molecular flexibility index (Phi) is 9.62. The fraction of sp³-hybridized carbons (Fsp3) is 0.667. The van der Waals surface area contributed by atoms with E-state index >= 15 is 0 Å². The van der Waals surface area contributed by atoms with Gasteiger partial charge in [-0.3, -0.25) is 4.55 Å². The first-order chi connectivity index (χ1) is 9.78. The van der Waals surface area contributed by atoms with Crippen molar-refractivity contribution in [1.29, 1.82) is 0 Å². The second-order valence-corrected chi connectivity index (χ2v) is 5.30. The highest BCUT2D eigenvalue weighted by molar-refractivity contribution is 7.80. The van der Waals surface area contributed by atoms with Crippen LogP contribution in [0.4, 0.5) is 0 Å². The van der Waals surface area contributed by atoms with E-state index in [1.807, 2.05) is 0 Å². The lowest BCUT2D eigenvalue weighted by Crippen LogP contribution is -2.42. The summed E-state index contributed by atoms with van der Waals surface area (Å²) in [6.07, 6.45) is -1.36. The van der Waals surface area contributed by atoms with Crippen LogP contribution in [0.2, 0.25) is 0 Å². The van der Waals surface area contributed by atoms with Gasteiger partial charge in [0.05, 0.1) is 25.4 Å². The molecule has 0 fully saturated rings. The molecule has 4 atom stereocenters. The summed E-state index contributed by atoms with van der Waals surface area (Å²) in [5.74, 6) is 0. The first-order valence-electron chi connectivity index (χ1n) is 6.21. The Labute approximate surface area is 124 Å². The second kappa shape index (κ2) is 10.0. The van der Waals surface area contributed by atoms with Crippen molar-refractivity contribution in [1.82, 2.24) is 0 Å². The fourth-order valence-electron chi connectivity index (χ4n) is 1.64. The number of aliphatic hydroxyl groups is 3. The maximum Gasteiger partial charge on any atom is 0.397 e. The predicted octanol–water partition coefficient (Wildman–Crippen LogP) is -0.574. The minimum Gasteiger partial charge on any atom is -0.394 e. The quantitative estimate of drug-likeness (QED) is 0.277. The normalized spacial score (nSPS) is 17.7. The van der Waals surface area contributed by atoms with E-state index < -0.39 is 48.0 Å². The molecule has 0 rings (SSSR count). The molecule has 21 heavy (non-hydrogen) atoms. The van der Waals surface area contributed by atoms with Crippen LogP contribution in [-0.2, 0) is 19.3 Å². The van der Waals surface area contributed by atoms with Gasteiger partial charge in [-0.1, -0.05) is 12.2 Å². The van der Waals surface area contributed by atoms with E-state index in [0.717, 1.165) is 0 Å². The summed E-state index contributed by atoms with van der Waals surface area (Å²) in [4.78, 5) is 0. The zero-order valence-corrected chi connectivity index (χ0v) is 12.4. The van der Waals surface area contributed by atoms with Crippen molar-refractivity contribution in [3.05, 3.63) is 25.3 Å². The van der Waals surface area contributed by atoms with Crippen molar-refractivity contribution in [2.75, 3.05) is 13.2 Å². The number of rotatable bonds is 12. The van der Waals surface area contributed by atoms with Crippen molar-refractivity contribution < 1.29 is 37.2 Å². The summed E-state index contributed by atoms with van der Waals surface area (Å²) >= 11 is 0. The Hall–Kier alpha value is -0.810. The zero-order valence-electron chi connectivity index (χ0n) is 11.5. The monoisotopic (exact) mass is 326 g/mol. The smallest absolute Gasteiger partial charge is 0.394 e. The third kappa shape index (κ3) is 8.27. The van der Waals surface area contributed by atoms with Crippen LogP contribution in [0.3, 0.4) is 0 Å². The van der Waals surface area contributed by atoms with Crippen LogP contribution in [-0.4, -0.2) is 65.9 Å². The summed E-state index contributed by atoms with van der Waals surface area (Å²) in [5.41, 5.74) is 0. The van der Waals surface area contributed by atoms with Crippen molar-refractivity contribution in [3.8, 4) is 0 Å². The molecule has 8 nitrogen and oxygen atoms in total. The molecule has 0 aromatic rings. The van der Waals surface area contributed by atoms with Gasteiger partial charge >= 0.3 is 10.4 Å². The van der Waals surface area contributed by atoms with Gasteiger partial charge in [0.1, 0.15) is 12.2 Å². The summed E-state index contributed by atoms with van der Waals surface area (Å²) in [6, 6.07) is 0. The highest BCUT2D eigenvalue weighted by Gasteiger charge is 2.30. The third-order valence-electron chi connectivity index (χ3n) is 2.60. The van der Waals surface area contributed by atoms with Crippen molar-refractivity contribution in [2.24, 2.45) is 0 Å². The molecule has 0 spiro atoms. The minimum atomic E-state index is -4.78. The molecule has 0 aromatic heterocycles. The predicted molar refractivity (Wildman–Crippen MR) is 74.9 cm³/mol. The third-order valence-corrected chi connectivity index (χ3v) is 3.09. The Bertz CT molecular complexity index is 407. The molecule has 0 saturated heterocycles. The van der Waals surface area contributed by atoms with Crippen LogP contribution >= 0.6 is 0 Å². The number of aliphatic hydroxyl groups excluding tert-OH is 3. The first kappa shape index (κ1) is 20.2. The lowest BCUT2D eigenvalue weighted by molar-refractivity contribution is -0.124. The molecule has 0 saturated carbocycles. The standard InChI is InChI=1S/C12H22O8S/c1-3-5-10(9(15)7-13)19-11(6-4-2)12(8-14)20-21(16,17)18/h3-4,9-15H,1-2,5-8H2,(H,16,17,18).